The highest BCUT2D eigenvalue weighted by molar-refractivity contribution is 6.30. The first-order valence-corrected chi connectivity index (χ1v) is 10.8. The lowest BCUT2D eigenvalue weighted by Gasteiger charge is -2.39. The Kier molecular flexibility index (Phi) is 5.55. The Labute approximate surface area is 193 Å². The van der Waals surface area contributed by atoms with Crippen LogP contribution >= 0.6 is 11.6 Å². The van der Waals surface area contributed by atoms with Crippen molar-refractivity contribution in [3.05, 3.63) is 89.2 Å². The van der Waals surface area contributed by atoms with Gasteiger partial charge in [0.2, 0.25) is 0 Å². The molecule has 1 fully saturated rings. The summed E-state index contributed by atoms with van der Waals surface area (Å²) in [5.74, 6) is -1.00. The van der Waals surface area contributed by atoms with Gasteiger partial charge in [0.25, 0.3) is 11.8 Å². The Morgan fingerprint density at radius 1 is 1.27 bits per heavy atom. The third kappa shape index (κ3) is 4.07. The van der Waals surface area contributed by atoms with E-state index in [1.54, 1.807) is 52.3 Å². The van der Waals surface area contributed by atoms with Crippen molar-refractivity contribution in [1.29, 1.82) is 0 Å². The molecule has 168 valence electrons. The number of nitrogens with one attached hydrogen (secondary N) is 2. The maximum atomic E-state index is 13.7. The van der Waals surface area contributed by atoms with Crippen LogP contribution in [0.25, 0.3) is 5.52 Å². The Balaban J connectivity index is 1.44. The summed E-state index contributed by atoms with van der Waals surface area (Å²) in [6.45, 7) is 0.751. The molecule has 0 radical (unpaired) electrons. The summed E-state index contributed by atoms with van der Waals surface area (Å²) < 4.78 is 15.5. The number of rotatable bonds is 4. The standard InChI is InChI=1S/C23H20ClFN6O2/c24-17-10-14(3-4-18(17)25)15-5-9-30(12-19(15)29-22(32)21-27-6-7-28-21)23(33)16-2-1-8-31-13-26-11-20(16)31/h1-4,6-8,10-11,13,15,19H,5,9,12H2,(H,27,28)(H,29,32)/t15-,19+/m0/s1. The van der Waals surface area contributed by atoms with Gasteiger partial charge < -0.3 is 19.6 Å². The van der Waals surface area contributed by atoms with E-state index in [9.17, 15) is 14.0 Å². The van der Waals surface area contributed by atoms with E-state index in [1.807, 2.05) is 6.20 Å². The second kappa shape index (κ2) is 8.67. The Morgan fingerprint density at radius 2 is 2.15 bits per heavy atom. The maximum absolute atomic E-state index is 13.7. The van der Waals surface area contributed by atoms with Gasteiger partial charge in [-0.2, -0.15) is 0 Å². The topological polar surface area (TPSA) is 95.4 Å². The molecule has 1 saturated heterocycles. The minimum Gasteiger partial charge on any atom is -0.344 e. The molecule has 5 rings (SSSR count). The first-order chi connectivity index (χ1) is 16.0. The van der Waals surface area contributed by atoms with E-state index >= 15 is 0 Å². The molecule has 1 aliphatic heterocycles. The molecule has 10 heteroatoms. The monoisotopic (exact) mass is 466 g/mol. The summed E-state index contributed by atoms with van der Waals surface area (Å²) >= 11 is 6.02. The number of nitrogens with zero attached hydrogens (tertiary/aromatic N) is 4. The summed E-state index contributed by atoms with van der Waals surface area (Å²) in [7, 11) is 0. The number of benzene rings is 1. The van der Waals surface area contributed by atoms with Crippen LogP contribution in [0.2, 0.25) is 5.02 Å². The number of aromatic amines is 1. The number of fused-ring (bicyclic) bond motifs is 1. The van der Waals surface area contributed by atoms with Crippen molar-refractivity contribution in [1.82, 2.24) is 29.6 Å². The SMILES string of the molecule is O=C(N[C@@H]1CN(C(=O)c2cccn3cncc23)CC[C@H]1c1ccc(F)c(Cl)c1)c1ncc[nH]1. The molecule has 1 aromatic carbocycles. The van der Waals surface area contributed by atoms with Crippen LogP contribution in [0.5, 0.6) is 0 Å². The lowest BCUT2D eigenvalue weighted by atomic mass is 9.85. The average molecular weight is 467 g/mol. The molecule has 0 aliphatic carbocycles. The van der Waals surface area contributed by atoms with Gasteiger partial charge in [-0.15, -0.1) is 0 Å². The number of carbonyl (C=O) groups is 2. The third-order valence-electron chi connectivity index (χ3n) is 5.98. The van der Waals surface area contributed by atoms with Gasteiger partial charge in [0.15, 0.2) is 5.82 Å². The number of amides is 2. The van der Waals surface area contributed by atoms with Crippen molar-refractivity contribution in [2.75, 3.05) is 13.1 Å². The molecule has 2 amide bonds. The van der Waals surface area contributed by atoms with Gasteiger partial charge in [-0.3, -0.25) is 9.59 Å². The van der Waals surface area contributed by atoms with Gasteiger partial charge in [-0.25, -0.2) is 14.4 Å². The van der Waals surface area contributed by atoms with Crippen LogP contribution in [0.3, 0.4) is 0 Å². The lowest BCUT2D eigenvalue weighted by Crippen LogP contribution is -2.53. The van der Waals surface area contributed by atoms with Crippen LogP contribution < -0.4 is 5.32 Å². The summed E-state index contributed by atoms with van der Waals surface area (Å²) in [4.78, 5) is 38.8. The van der Waals surface area contributed by atoms with Gasteiger partial charge in [-0.1, -0.05) is 17.7 Å². The number of piperidine rings is 1. The molecule has 0 spiro atoms. The number of carbonyl (C=O) groups excluding carboxylic acids is 2. The molecule has 4 heterocycles. The smallest absolute Gasteiger partial charge is 0.287 e. The fourth-order valence-electron chi connectivity index (χ4n) is 4.35. The number of likely N-dealkylation sites (tertiary alicyclic amines) is 1. The zero-order valence-electron chi connectivity index (χ0n) is 17.4. The summed E-state index contributed by atoms with van der Waals surface area (Å²) in [5.41, 5.74) is 2.05. The van der Waals surface area contributed by atoms with Crippen molar-refractivity contribution >= 4 is 28.9 Å². The van der Waals surface area contributed by atoms with Crippen molar-refractivity contribution in [3.8, 4) is 0 Å². The van der Waals surface area contributed by atoms with Gasteiger partial charge >= 0.3 is 0 Å². The second-order valence-corrected chi connectivity index (χ2v) is 8.35. The molecule has 4 aromatic rings. The van der Waals surface area contributed by atoms with Crippen molar-refractivity contribution in [2.45, 2.75) is 18.4 Å². The fraction of sp³-hybridized carbons (Fsp3) is 0.217. The number of imidazole rings is 2. The van der Waals surface area contributed by atoms with Crippen LogP contribution in [0.15, 0.2) is 61.4 Å². The van der Waals surface area contributed by atoms with Crippen molar-refractivity contribution in [2.24, 2.45) is 0 Å². The number of aromatic nitrogens is 4. The van der Waals surface area contributed by atoms with E-state index in [0.29, 0.717) is 24.0 Å². The average Bonchev–Trinajstić information content (AvgIpc) is 3.52. The predicted molar refractivity (Wildman–Crippen MR) is 120 cm³/mol. The number of H-pyrrole nitrogens is 1. The largest absolute Gasteiger partial charge is 0.344 e. The minimum absolute atomic E-state index is 0.0227. The van der Waals surface area contributed by atoms with Crippen LogP contribution in [-0.2, 0) is 0 Å². The van der Waals surface area contributed by atoms with E-state index in [2.05, 4.69) is 20.3 Å². The van der Waals surface area contributed by atoms with Crippen LogP contribution in [0, 0.1) is 5.82 Å². The summed E-state index contributed by atoms with van der Waals surface area (Å²) in [5, 5.41) is 3.01. The van der Waals surface area contributed by atoms with E-state index in [4.69, 9.17) is 11.6 Å². The zero-order valence-corrected chi connectivity index (χ0v) is 18.2. The number of hydrogen-bond acceptors (Lipinski definition) is 4. The highest BCUT2D eigenvalue weighted by Gasteiger charge is 2.35. The first kappa shape index (κ1) is 21.1. The molecule has 0 bridgehead atoms. The first-order valence-electron chi connectivity index (χ1n) is 10.5. The molecular formula is C23H20ClFN6O2. The molecule has 0 unspecified atom stereocenters. The van der Waals surface area contributed by atoms with Gasteiger partial charge in [-0.05, 0) is 36.2 Å². The molecule has 1 aliphatic rings. The number of pyridine rings is 1. The number of hydrogen-bond donors (Lipinski definition) is 2. The van der Waals surface area contributed by atoms with E-state index in [-0.39, 0.29) is 35.1 Å². The highest BCUT2D eigenvalue weighted by Crippen LogP contribution is 2.32. The molecule has 8 nitrogen and oxygen atoms in total. The van der Waals surface area contributed by atoms with Crippen LogP contribution in [0.1, 0.15) is 38.9 Å². The van der Waals surface area contributed by atoms with E-state index < -0.39 is 11.9 Å². The fourth-order valence-corrected chi connectivity index (χ4v) is 4.54. The van der Waals surface area contributed by atoms with Gasteiger partial charge in [0, 0.05) is 37.6 Å². The van der Waals surface area contributed by atoms with Crippen molar-refractivity contribution in [3.63, 3.8) is 0 Å². The molecule has 2 atom stereocenters. The maximum Gasteiger partial charge on any atom is 0.287 e. The summed E-state index contributed by atoms with van der Waals surface area (Å²) in [6.07, 6.45) is 8.75. The molecule has 0 saturated carbocycles. The lowest BCUT2D eigenvalue weighted by molar-refractivity contribution is 0.0655. The molecule has 33 heavy (non-hydrogen) atoms. The normalized spacial score (nSPS) is 18.4. The van der Waals surface area contributed by atoms with E-state index in [1.165, 1.54) is 12.3 Å². The predicted octanol–water partition coefficient (Wildman–Crippen LogP) is 3.28. The van der Waals surface area contributed by atoms with Gasteiger partial charge in [0.05, 0.1) is 34.7 Å². The van der Waals surface area contributed by atoms with Crippen LogP contribution in [-0.4, -0.2) is 55.2 Å². The Morgan fingerprint density at radius 3 is 2.94 bits per heavy atom. The number of halogens is 2. The van der Waals surface area contributed by atoms with Gasteiger partial charge in [0.1, 0.15) is 5.82 Å². The third-order valence-corrected chi connectivity index (χ3v) is 6.27. The molecule has 3 aromatic heterocycles. The molecular weight excluding hydrogens is 447 g/mol. The second-order valence-electron chi connectivity index (χ2n) is 7.95. The van der Waals surface area contributed by atoms with Crippen LogP contribution in [0.4, 0.5) is 4.39 Å². The summed E-state index contributed by atoms with van der Waals surface area (Å²) in [6, 6.07) is 7.71. The molecule has 2 N–H and O–H groups in total. The van der Waals surface area contributed by atoms with Crippen molar-refractivity contribution < 1.29 is 14.0 Å². The Hall–Kier alpha value is -3.72. The Bertz CT molecular complexity index is 1320. The zero-order chi connectivity index (χ0) is 22.9. The minimum atomic E-state index is -0.502. The van der Waals surface area contributed by atoms with E-state index in [0.717, 1.165) is 5.56 Å². The quantitative estimate of drug-likeness (QED) is 0.482. The highest BCUT2D eigenvalue weighted by atomic mass is 35.5.